The van der Waals surface area contributed by atoms with Gasteiger partial charge in [0.25, 0.3) is 0 Å². The zero-order valence-corrected chi connectivity index (χ0v) is 26.7. The minimum absolute atomic E-state index is 0.740. The Bertz CT molecular complexity index is 2060. The Morgan fingerprint density at radius 3 is 1.43 bits per heavy atom. The van der Waals surface area contributed by atoms with Crippen molar-refractivity contribution in [3.8, 4) is 5.75 Å². The summed E-state index contributed by atoms with van der Waals surface area (Å²) in [6.45, 7) is 5.05. The number of ether oxygens (including phenoxy) is 1. The molecule has 0 unspecified atom stereocenters. The third kappa shape index (κ3) is 5.70. The highest BCUT2D eigenvalue weighted by Crippen LogP contribution is 2.41. The summed E-state index contributed by atoms with van der Waals surface area (Å²) in [5.74, 6) is 0.902. The lowest BCUT2D eigenvalue weighted by molar-refractivity contribution is 0.309. The summed E-state index contributed by atoms with van der Waals surface area (Å²) in [4.78, 5) is 4.66. The zero-order valence-electron chi connectivity index (χ0n) is 26.7. The monoisotopic (exact) mass is 601 g/mol. The molecule has 4 nitrogen and oxygen atoms in total. The molecule has 1 aromatic heterocycles. The van der Waals surface area contributed by atoms with E-state index in [1.807, 2.05) is 0 Å². The number of hydrogen-bond donors (Lipinski definition) is 0. The minimum Gasteiger partial charge on any atom is -0.494 e. The van der Waals surface area contributed by atoms with Crippen LogP contribution in [-0.4, -0.2) is 11.2 Å². The van der Waals surface area contributed by atoms with Gasteiger partial charge in [0.1, 0.15) is 5.75 Å². The molecule has 46 heavy (non-hydrogen) atoms. The Morgan fingerprint density at radius 2 is 0.957 bits per heavy atom. The molecule has 6 aromatic carbocycles. The van der Waals surface area contributed by atoms with Gasteiger partial charge in [-0.25, -0.2) is 0 Å². The Balaban J connectivity index is 1.35. The molecule has 7 aromatic rings. The highest BCUT2D eigenvalue weighted by molar-refractivity contribution is 6.11. The number of unbranched alkanes of at least 4 members (excludes halogenated alkanes) is 1. The van der Waals surface area contributed by atoms with Gasteiger partial charge in [0.2, 0.25) is 0 Å². The molecule has 4 heteroatoms. The average Bonchev–Trinajstić information content (AvgIpc) is 3.38. The molecule has 0 aliphatic heterocycles. The lowest BCUT2D eigenvalue weighted by Gasteiger charge is -2.26. The highest BCUT2D eigenvalue weighted by Gasteiger charge is 2.18. The van der Waals surface area contributed by atoms with Gasteiger partial charge >= 0.3 is 0 Å². The molecular formula is C42H39N3O. The van der Waals surface area contributed by atoms with E-state index >= 15 is 0 Å². The molecule has 0 aliphatic carbocycles. The van der Waals surface area contributed by atoms with Gasteiger partial charge in [0.15, 0.2) is 0 Å². The third-order valence-corrected chi connectivity index (χ3v) is 8.67. The van der Waals surface area contributed by atoms with Gasteiger partial charge in [-0.05, 0) is 110 Å². The molecule has 1 heterocycles. The van der Waals surface area contributed by atoms with Crippen LogP contribution in [0.2, 0.25) is 0 Å². The topological polar surface area (TPSA) is 20.6 Å². The van der Waals surface area contributed by atoms with Crippen LogP contribution < -0.4 is 14.5 Å². The summed E-state index contributed by atoms with van der Waals surface area (Å²) in [6.07, 6.45) is 2.17. The van der Waals surface area contributed by atoms with E-state index in [1.54, 1.807) is 0 Å². The first kappa shape index (κ1) is 29.2. The molecule has 0 atom stereocenters. The van der Waals surface area contributed by atoms with Crippen LogP contribution >= 0.6 is 0 Å². The largest absolute Gasteiger partial charge is 0.494 e. The van der Waals surface area contributed by atoms with Gasteiger partial charge in [0, 0.05) is 63.0 Å². The van der Waals surface area contributed by atoms with Crippen molar-refractivity contribution in [3.63, 3.8) is 0 Å². The van der Waals surface area contributed by atoms with E-state index in [1.165, 1.54) is 27.4 Å². The average molecular weight is 602 g/mol. The van der Waals surface area contributed by atoms with Crippen LogP contribution in [0.3, 0.4) is 0 Å². The number of anilines is 6. The first-order valence-electron chi connectivity index (χ1n) is 16.1. The van der Waals surface area contributed by atoms with Crippen molar-refractivity contribution in [2.75, 3.05) is 16.4 Å². The lowest BCUT2D eigenvalue weighted by Crippen LogP contribution is -2.10. The summed E-state index contributed by atoms with van der Waals surface area (Å²) < 4.78 is 8.27. The Hall–Kier alpha value is -5.48. The standard InChI is InChI=1S/C42H39N3O/c1-4-5-28-46-38-24-20-35(21-25-38)45(33-14-10-7-11-15-33)37-23-27-42-40(30-37)39-29-36(22-26-41(39)43(42)3)44(32-12-8-6-9-13-32)34-18-16-31(2)17-19-34/h6-27,29-30H,4-5,28H2,1-3H3. The van der Waals surface area contributed by atoms with Crippen LogP contribution in [-0.2, 0) is 7.05 Å². The maximum atomic E-state index is 5.98. The first-order valence-corrected chi connectivity index (χ1v) is 16.1. The fraction of sp³-hybridized carbons (Fsp3) is 0.143. The molecule has 0 fully saturated rings. The predicted octanol–water partition coefficient (Wildman–Crippen LogP) is 11.8. The van der Waals surface area contributed by atoms with E-state index < -0.39 is 0 Å². The number of aromatic nitrogens is 1. The van der Waals surface area contributed by atoms with E-state index in [0.29, 0.717) is 0 Å². The van der Waals surface area contributed by atoms with Gasteiger partial charge in [-0.15, -0.1) is 0 Å². The Kier molecular flexibility index (Phi) is 8.18. The predicted molar refractivity (Wildman–Crippen MR) is 195 cm³/mol. The zero-order chi connectivity index (χ0) is 31.5. The summed E-state index contributed by atoms with van der Waals surface area (Å²) >= 11 is 0. The van der Waals surface area contributed by atoms with E-state index in [4.69, 9.17) is 4.74 Å². The van der Waals surface area contributed by atoms with Crippen molar-refractivity contribution in [2.24, 2.45) is 7.05 Å². The van der Waals surface area contributed by atoms with E-state index in [9.17, 15) is 0 Å². The normalized spacial score (nSPS) is 11.2. The van der Waals surface area contributed by atoms with Crippen LogP contribution in [0.25, 0.3) is 21.8 Å². The van der Waals surface area contributed by atoms with Gasteiger partial charge in [-0.3, -0.25) is 0 Å². The number of para-hydroxylation sites is 2. The van der Waals surface area contributed by atoms with Gasteiger partial charge in [-0.2, -0.15) is 0 Å². The van der Waals surface area contributed by atoms with Gasteiger partial charge in [0.05, 0.1) is 6.61 Å². The summed E-state index contributed by atoms with van der Waals surface area (Å²) in [5.41, 5.74) is 10.3. The SMILES string of the molecule is CCCCOc1ccc(N(c2ccccc2)c2ccc3c(c2)c2cc(N(c4ccccc4)c4ccc(C)cc4)ccc2n3C)cc1. The maximum Gasteiger partial charge on any atom is 0.119 e. The Labute approximate surface area is 271 Å². The van der Waals surface area contributed by atoms with Crippen LogP contribution in [0.15, 0.2) is 146 Å². The van der Waals surface area contributed by atoms with Gasteiger partial charge < -0.3 is 19.1 Å². The smallest absolute Gasteiger partial charge is 0.119 e. The minimum atomic E-state index is 0.740. The van der Waals surface area contributed by atoms with Crippen LogP contribution in [0.4, 0.5) is 34.1 Å². The molecule has 0 N–H and O–H groups in total. The fourth-order valence-electron chi connectivity index (χ4n) is 6.24. The number of rotatable bonds is 10. The number of benzene rings is 6. The second kappa shape index (κ2) is 12.9. The molecule has 0 spiro atoms. The van der Waals surface area contributed by atoms with Crippen molar-refractivity contribution in [1.82, 2.24) is 4.57 Å². The summed E-state index contributed by atoms with van der Waals surface area (Å²) in [7, 11) is 2.16. The molecule has 0 saturated carbocycles. The van der Waals surface area contributed by atoms with E-state index in [2.05, 4.69) is 181 Å². The summed E-state index contributed by atoms with van der Waals surface area (Å²) in [6, 6.07) is 52.0. The Morgan fingerprint density at radius 1 is 0.522 bits per heavy atom. The molecule has 0 radical (unpaired) electrons. The number of nitrogens with zero attached hydrogens (tertiary/aromatic N) is 3. The maximum absolute atomic E-state index is 5.98. The van der Waals surface area contributed by atoms with Crippen LogP contribution in [0, 0.1) is 6.92 Å². The molecule has 228 valence electrons. The molecule has 0 bridgehead atoms. The second-order valence-electron chi connectivity index (χ2n) is 11.8. The lowest BCUT2D eigenvalue weighted by atomic mass is 10.1. The van der Waals surface area contributed by atoms with Crippen molar-refractivity contribution >= 4 is 55.9 Å². The van der Waals surface area contributed by atoms with Crippen LogP contribution in [0.1, 0.15) is 25.3 Å². The third-order valence-electron chi connectivity index (χ3n) is 8.67. The van der Waals surface area contributed by atoms with Crippen molar-refractivity contribution in [3.05, 3.63) is 151 Å². The summed E-state index contributed by atoms with van der Waals surface area (Å²) in [5, 5.41) is 2.44. The van der Waals surface area contributed by atoms with E-state index in [-0.39, 0.29) is 0 Å². The fourth-order valence-corrected chi connectivity index (χ4v) is 6.24. The molecule has 0 saturated heterocycles. The highest BCUT2D eigenvalue weighted by atomic mass is 16.5. The second-order valence-corrected chi connectivity index (χ2v) is 11.8. The molecule has 0 amide bonds. The van der Waals surface area contributed by atoms with Crippen molar-refractivity contribution in [1.29, 1.82) is 0 Å². The molecular weight excluding hydrogens is 562 g/mol. The van der Waals surface area contributed by atoms with Crippen molar-refractivity contribution < 1.29 is 4.74 Å². The number of hydrogen-bond acceptors (Lipinski definition) is 3. The van der Waals surface area contributed by atoms with Gasteiger partial charge in [-0.1, -0.05) is 67.4 Å². The number of fused-ring (bicyclic) bond motifs is 3. The molecule has 0 aliphatic rings. The van der Waals surface area contributed by atoms with Crippen molar-refractivity contribution in [2.45, 2.75) is 26.7 Å². The molecule has 7 rings (SSSR count). The first-order chi connectivity index (χ1) is 22.6. The quantitative estimate of drug-likeness (QED) is 0.146. The number of aryl methyl sites for hydroxylation is 2. The van der Waals surface area contributed by atoms with E-state index in [0.717, 1.165) is 59.3 Å². The van der Waals surface area contributed by atoms with Crippen LogP contribution in [0.5, 0.6) is 5.75 Å².